The van der Waals surface area contributed by atoms with Crippen LogP contribution in [0.2, 0.25) is 0 Å². The molecule has 0 spiro atoms. The minimum absolute atomic E-state index is 0.0925. The molecule has 0 radical (unpaired) electrons. The van der Waals surface area contributed by atoms with Crippen molar-refractivity contribution < 1.29 is 4.74 Å². The highest BCUT2D eigenvalue weighted by molar-refractivity contribution is 5.85. The fourth-order valence-corrected chi connectivity index (χ4v) is 3.01. The van der Waals surface area contributed by atoms with Crippen molar-refractivity contribution in [3.05, 3.63) is 47.4 Å². The molecule has 0 amide bonds. The van der Waals surface area contributed by atoms with E-state index in [0.29, 0.717) is 5.88 Å². The lowest BCUT2D eigenvalue weighted by atomic mass is 10.2. The van der Waals surface area contributed by atoms with Crippen molar-refractivity contribution in [2.45, 2.75) is 46.7 Å². The van der Waals surface area contributed by atoms with Gasteiger partial charge in [-0.1, -0.05) is 31.5 Å². The van der Waals surface area contributed by atoms with Gasteiger partial charge in [-0.15, -0.1) is 0 Å². The molecule has 2 aromatic heterocycles. The number of nitrogens with two attached hydrogens (primary N) is 1. The van der Waals surface area contributed by atoms with Gasteiger partial charge in [0.15, 0.2) is 5.52 Å². The van der Waals surface area contributed by atoms with E-state index in [0.717, 1.165) is 46.7 Å². The summed E-state index contributed by atoms with van der Waals surface area (Å²) in [6, 6.07) is 9.66. The Balaban J connectivity index is 2.18. The van der Waals surface area contributed by atoms with E-state index in [-0.39, 0.29) is 6.17 Å². The summed E-state index contributed by atoms with van der Waals surface area (Å²) >= 11 is 0. The maximum atomic E-state index is 6.40. The van der Waals surface area contributed by atoms with E-state index in [9.17, 15) is 0 Å². The van der Waals surface area contributed by atoms with Gasteiger partial charge in [0.1, 0.15) is 11.6 Å². The Morgan fingerprint density at radius 2 is 1.83 bits per heavy atom. The zero-order valence-corrected chi connectivity index (χ0v) is 14.7. The Morgan fingerprint density at radius 1 is 1.12 bits per heavy atom. The monoisotopic (exact) mass is 324 g/mol. The van der Waals surface area contributed by atoms with Crippen molar-refractivity contribution in [3.63, 3.8) is 0 Å². The van der Waals surface area contributed by atoms with Crippen LogP contribution in [0.25, 0.3) is 11.0 Å². The highest BCUT2D eigenvalue weighted by Crippen LogP contribution is 2.33. The van der Waals surface area contributed by atoms with Crippen molar-refractivity contribution in [1.82, 2.24) is 14.5 Å². The summed E-state index contributed by atoms with van der Waals surface area (Å²) in [5.74, 6) is 2.17. The topological polar surface area (TPSA) is 66.0 Å². The largest absolute Gasteiger partial charge is 0.437 e. The number of hydrogen-bond acceptors (Lipinski definition) is 4. The minimum Gasteiger partial charge on any atom is -0.437 e. The van der Waals surface area contributed by atoms with Gasteiger partial charge in [-0.25, -0.2) is 9.97 Å². The van der Waals surface area contributed by atoms with E-state index in [4.69, 9.17) is 15.5 Å². The average molecular weight is 324 g/mol. The summed E-state index contributed by atoms with van der Waals surface area (Å²) in [4.78, 5) is 9.33. The second kappa shape index (κ2) is 6.61. The van der Waals surface area contributed by atoms with E-state index in [1.165, 1.54) is 0 Å². The van der Waals surface area contributed by atoms with Crippen LogP contribution in [-0.4, -0.2) is 14.5 Å². The molecule has 0 aliphatic heterocycles. The third kappa shape index (κ3) is 2.87. The molecule has 3 aromatic rings. The first-order valence-electron chi connectivity index (χ1n) is 8.37. The van der Waals surface area contributed by atoms with Gasteiger partial charge < -0.3 is 15.0 Å². The first kappa shape index (κ1) is 16.5. The van der Waals surface area contributed by atoms with Gasteiger partial charge in [-0.2, -0.15) is 0 Å². The normalized spacial score (nSPS) is 12.5. The van der Waals surface area contributed by atoms with Gasteiger partial charge in [-0.05, 0) is 44.9 Å². The van der Waals surface area contributed by atoms with E-state index in [1.54, 1.807) is 0 Å². The second-order valence-corrected chi connectivity index (χ2v) is 6.12. The molecule has 5 heteroatoms. The molecule has 5 nitrogen and oxygen atoms in total. The molecule has 0 aliphatic rings. The second-order valence-electron chi connectivity index (χ2n) is 6.12. The maximum absolute atomic E-state index is 6.40. The van der Waals surface area contributed by atoms with Crippen molar-refractivity contribution in [2.75, 3.05) is 0 Å². The zero-order valence-electron chi connectivity index (χ0n) is 14.7. The minimum atomic E-state index is -0.0925. The Kier molecular flexibility index (Phi) is 4.53. The van der Waals surface area contributed by atoms with Crippen LogP contribution < -0.4 is 10.5 Å². The van der Waals surface area contributed by atoms with Crippen LogP contribution in [0, 0.1) is 20.8 Å². The predicted octanol–water partition coefficient (Wildman–Crippen LogP) is 4.41. The molecule has 1 aromatic carbocycles. The molecule has 2 heterocycles. The van der Waals surface area contributed by atoms with Crippen LogP contribution in [0.15, 0.2) is 30.3 Å². The number of pyridine rings is 1. The number of para-hydroxylation sites is 1. The molecule has 0 aliphatic carbocycles. The number of hydrogen-bond donors (Lipinski definition) is 1. The average Bonchev–Trinajstić information content (AvgIpc) is 2.91. The van der Waals surface area contributed by atoms with Crippen molar-refractivity contribution in [2.24, 2.45) is 5.73 Å². The number of aromatic nitrogens is 3. The molecule has 0 saturated heterocycles. The quantitative estimate of drug-likeness (QED) is 0.755. The molecule has 24 heavy (non-hydrogen) atoms. The van der Waals surface area contributed by atoms with Gasteiger partial charge in [-0.3, -0.25) is 0 Å². The molecule has 1 atom stereocenters. The summed E-state index contributed by atoms with van der Waals surface area (Å²) < 4.78 is 8.12. The third-order valence-corrected chi connectivity index (χ3v) is 4.33. The van der Waals surface area contributed by atoms with Crippen LogP contribution in [0.5, 0.6) is 11.6 Å². The standard InChI is InChI=1S/C19H24N4O/c1-5-9-16(20)23-14(4)22-17-18(23)12(2)13(3)21-19(17)24-15-10-7-6-8-11-15/h6-8,10-11,16H,5,9,20H2,1-4H3. The molecule has 1 unspecified atom stereocenters. The molecule has 2 N–H and O–H groups in total. The lowest BCUT2D eigenvalue weighted by molar-refractivity contribution is 0.466. The number of rotatable bonds is 5. The summed E-state index contributed by atoms with van der Waals surface area (Å²) in [5, 5.41) is 0. The smallest absolute Gasteiger partial charge is 0.247 e. The van der Waals surface area contributed by atoms with Gasteiger partial charge in [0.25, 0.3) is 0 Å². The molecule has 3 rings (SSSR count). The van der Waals surface area contributed by atoms with E-state index in [2.05, 4.69) is 23.4 Å². The van der Waals surface area contributed by atoms with Crippen LogP contribution in [0.4, 0.5) is 0 Å². The molecule has 0 fully saturated rings. The summed E-state index contributed by atoms with van der Waals surface area (Å²) in [5.41, 5.74) is 10.2. The highest BCUT2D eigenvalue weighted by Gasteiger charge is 2.21. The third-order valence-electron chi connectivity index (χ3n) is 4.33. The fourth-order valence-electron chi connectivity index (χ4n) is 3.01. The summed E-state index contributed by atoms with van der Waals surface area (Å²) in [6.07, 6.45) is 1.84. The lowest BCUT2D eigenvalue weighted by Crippen LogP contribution is -2.20. The SMILES string of the molecule is CCCC(N)n1c(C)nc2c(Oc3ccccc3)nc(C)c(C)c21. The Morgan fingerprint density at radius 3 is 2.50 bits per heavy atom. The highest BCUT2D eigenvalue weighted by atomic mass is 16.5. The van der Waals surface area contributed by atoms with Crippen molar-refractivity contribution in [1.29, 1.82) is 0 Å². The zero-order chi connectivity index (χ0) is 17.3. The van der Waals surface area contributed by atoms with Crippen LogP contribution in [0.1, 0.15) is 43.0 Å². The molecule has 126 valence electrons. The predicted molar refractivity (Wildman–Crippen MR) is 96.4 cm³/mol. The molecular formula is C19H24N4O. The van der Waals surface area contributed by atoms with E-state index < -0.39 is 0 Å². The Labute approximate surface area is 142 Å². The molecule has 0 bridgehead atoms. The van der Waals surface area contributed by atoms with Crippen LogP contribution in [0.3, 0.4) is 0 Å². The Bertz CT molecular complexity index is 855. The van der Waals surface area contributed by atoms with Gasteiger partial charge in [0.05, 0.1) is 11.7 Å². The number of fused-ring (bicyclic) bond motifs is 1. The van der Waals surface area contributed by atoms with Gasteiger partial charge in [0, 0.05) is 5.69 Å². The first-order valence-corrected chi connectivity index (χ1v) is 8.37. The van der Waals surface area contributed by atoms with Crippen molar-refractivity contribution >= 4 is 11.0 Å². The summed E-state index contributed by atoms with van der Waals surface area (Å²) in [6.45, 7) is 8.17. The van der Waals surface area contributed by atoms with Gasteiger partial charge in [0.2, 0.25) is 5.88 Å². The van der Waals surface area contributed by atoms with Crippen LogP contribution >= 0.6 is 0 Å². The number of ether oxygens (including phenoxy) is 1. The van der Waals surface area contributed by atoms with Crippen molar-refractivity contribution in [3.8, 4) is 11.6 Å². The molecule has 0 saturated carbocycles. The number of aryl methyl sites for hydroxylation is 3. The van der Waals surface area contributed by atoms with E-state index >= 15 is 0 Å². The number of benzene rings is 1. The van der Waals surface area contributed by atoms with E-state index in [1.807, 2.05) is 44.2 Å². The fraction of sp³-hybridized carbons (Fsp3) is 0.368. The number of nitrogens with zero attached hydrogens (tertiary/aromatic N) is 3. The Hall–Kier alpha value is -2.40. The molecular weight excluding hydrogens is 300 g/mol. The number of imidazole rings is 1. The lowest BCUT2D eigenvalue weighted by Gasteiger charge is -2.17. The van der Waals surface area contributed by atoms with Gasteiger partial charge >= 0.3 is 0 Å². The maximum Gasteiger partial charge on any atom is 0.247 e. The summed E-state index contributed by atoms with van der Waals surface area (Å²) in [7, 11) is 0. The first-order chi connectivity index (χ1) is 11.5. The van der Waals surface area contributed by atoms with Crippen LogP contribution in [-0.2, 0) is 0 Å².